The van der Waals surface area contributed by atoms with Gasteiger partial charge in [0, 0.05) is 0 Å². The highest BCUT2D eigenvalue weighted by molar-refractivity contribution is 5.52. The summed E-state index contributed by atoms with van der Waals surface area (Å²) in [7, 11) is 0. The third kappa shape index (κ3) is 4.31. The SMILES string of the molecule is C=Cc1cc(OCC(F)(F)F)cc(C(F)(F)F)c1. The van der Waals surface area contributed by atoms with Gasteiger partial charge in [-0.05, 0) is 23.8 Å². The number of hydrogen-bond acceptors (Lipinski definition) is 1. The number of alkyl halides is 6. The van der Waals surface area contributed by atoms with Crippen LogP contribution in [-0.2, 0) is 6.18 Å². The van der Waals surface area contributed by atoms with E-state index in [2.05, 4.69) is 11.3 Å². The number of benzene rings is 1. The minimum absolute atomic E-state index is 0.0296. The van der Waals surface area contributed by atoms with E-state index in [1.807, 2.05) is 0 Å². The van der Waals surface area contributed by atoms with Crippen LogP contribution in [0.5, 0.6) is 5.75 Å². The van der Waals surface area contributed by atoms with Crippen molar-refractivity contribution in [1.82, 2.24) is 0 Å². The van der Waals surface area contributed by atoms with Gasteiger partial charge in [0.05, 0.1) is 5.56 Å². The van der Waals surface area contributed by atoms with Crippen LogP contribution in [0.25, 0.3) is 6.08 Å². The summed E-state index contributed by atoms with van der Waals surface area (Å²) in [6.07, 6.45) is -8.17. The second-order valence-corrected chi connectivity index (χ2v) is 3.40. The van der Waals surface area contributed by atoms with Crippen molar-refractivity contribution in [2.45, 2.75) is 12.4 Å². The molecule has 0 unspecified atom stereocenters. The Balaban J connectivity index is 3.02. The first-order chi connectivity index (χ1) is 8.12. The fraction of sp³-hybridized carbons (Fsp3) is 0.273. The van der Waals surface area contributed by atoms with Crippen molar-refractivity contribution in [3.8, 4) is 5.75 Å². The van der Waals surface area contributed by atoms with Gasteiger partial charge in [-0.2, -0.15) is 26.3 Å². The Kier molecular flexibility index (Phi) is 3.93. The van der Waals surface area contributed by atoms with Crippen LogP contribution >= 0.6 is 0 Å². The average Bonchev–Trinajstić information content (AvgIpc) is 2.24. The third-order valence-corrected chi connectivity index (χ3v) is 1.89. The van der Waals surface area contributed by atoms with Gasteiger partial charge in [-0.25, -0.2) is 0 Å². The molecule has 1 aromatic carbocycles. The molecule has 0 aliphatic rings. The lowest BCUT2D eigenvalue weighted by molar-refractivity contribution is -0.153. The average molecular weight is 270 g/mol. The molecule has 0 fully saturated rings. The van der Waals surface area contributed by atoms with Crippen molar-refractivity contribution in [2.75, 3.05) is 6.61 Å². The first-order valence-corrected chi connectivity index (χ1v) is 4.66. The summed E-state index contributed by atoms with van der Waals surface area (Å²) in [5.41, 5.74) is -1.06. The Morgan fingerprint density at radius 3 is 2.11 bits per heavy atom. The van der Waals surface area contributed by atoms with E-state index in [4.69, 9.17) is 0 Å². The van der Waals surface area contributed by atoms with Gasteiger partial charge in [0.25, 0.3) is 0 Å². The summed E-state index contributed by atoms with van der Waals surface area (Å²) >= 11 is 0. The molecule has 7 heteroatoms. The Morgan fingerprint density at radius 2 is 1.67 bits per heavy atom. The van der Waals surface area contributed by atoms with Gasteiger partial charge in [0.2, 0.25) is 0 Å². The summed E-state index contributed by atoms with van der Waals surface area (Å²) in [6, 6.07) is 2.33. The second-order valence-electron chi connectivity index (χ2n) is 3.40. The Hall–Kier alpha value is -1.66. The largest absolute Gasteiger partial charge is 0.484 e. The summed E-state index contributed by atoms with van der Waals surface area (Å²) < 4.78 is 77.3. The lowest BCUT2D eigenvalue weighted by Gasteiger charge is -2.13. The van der Waals surface area contributed by atoms with E-state index in [1.165, 1.54) is 0 Å². The maximum Gasteiger partial charge on any atom is 0.422 e. The topological polar surface area (TPSA) is 9.23 Å². The zero-order valence-electron chi connectivity index (χ0n) is 8.90. The van der Waals surface area contributed by atoms with E-state index in [9.17, 15) is 26.3 Å². The molecule has 0 saturated heterocycles. The van der Waals surface area contributed by atoms with Gasteiger partial charge in [-0.15, -0.1) is 0 Å². The Bertz CT molecular complexity index is 432. The smallest absolute Gasteiger partial charge is 0.422 e. The molecule has 0 aliphatic carbocycles. The van der Waals surface area contributed by atoms with E-state index in [0.29, 0.717) is 6.07 Å². The molecule has 0 N–H and O–H groups in total. The van der Waals surface area contributed by atoms with Crippen LogP contribution in [0.4, 0.5) is 26.3 Å². The highest BCUT2D eigenvalue weighted by Gasteiger charge is 2.32. The predicted octanol–water partition coefficient (Wildman–Crippen LogP) is 4.29. The molecule has 1 aromatic rings. The number of hydrogen-bond donors (Lipinski definition) is 0. The molecule has 18 heavy (non-hydrogen) atoms. The molecular weight excluding hydrogens is 262 g/mol. The third-order valence-electron chi connectivity index (χ3n) is 1.89. The number of halogens is 6. The molecule has 1 rings (SSSR count). The summed E-state index contributed by atoms with van der Waals surface area (Å²) in [6.45, 7) is 1.61. The molecule has 0 spiro atoms. The molecular formula is C11H8F6O. The van der Waals surface area contributed by atoms with Crippen molar-refractivity contribution >= 4 is 6.08 Å². The highest BCUT2D eigenvalue weighted by atomic mass is 19.4. The van der Waals surface area contributed by atoms with Crippen LogP contribution in [0.1, 0.15) is 11.1 Å². The molecule has 0 aliphatic heterocycles. The van der Waals surface area contributed by atoms with E-state index in [-0.39, 0.29) is 5.56 Å². The van der Waals surface area contributed by atoms with Gasteiger partial charge in [0.1, 0.15) is 5.75 Å². The van der Waals surface area contributed by atoms with Crippen molar-refractivity contribution in [3.63, 3.8) is 0 Å². The van der Waals surface area contributed by atoms with Gasteiger partial charge >= 0.3 is 12.4 Å². The summed E-state index contributed by atoms with van der Waals surface area (Å²) in [5.74, 6) is -0.503. The van der Waals surface area contributed by atoms with E-state index in [1.54, 1.807) is 0 Å². The van der Waals surface area contributed by atoms with Crippen LogP contribution in [0.15, 0.2) is 24.8 Å². The normalized spacial score (nSPS) is 12.3. The molecule has 1 nitrogen and oxygen atoms in total. The molecule has 0 saturated carbocycles. The van der Waals surface area contributed by atoms with Crippen LogP contribution < -0.4 is 4.74 Å². The fourth-order valence-electron chi connectivity index (χ4n) is 1.15. The van der Waals surface area contributed by atoms with Crippen LogP contribution in [0, 0.1) is 0 Å². The number of ether oxygens (including phenoxy) is 1. The first-order valence-electron chi connectivity index (χ1n) is 4.66. The fourth-order valence-corrected chi connectivity index (χ4v) is 1.15. The van der Waals surface area contributed by atoms with E-state index in [0.717, 1.165) is 18.2 Å². The van der Waals surface area contributed by atoms with Gasteiger partial charge in [0.15, 0.2) is 6.61 Å². The van der Waals surface area contributed by atoms with Gasteiger partial charge < -0.3 is 4.74 Å². The maximum absolute atomic E-state index is 12.4. The van der Waals surface area contributed by atoms with Crippen LogP contribution in [-0.4, -0.2) is 12.8 Å². The van der Waals surface area contributed by atoms with Crippen LogP contribution in [0.3, 0.4) is 0 Å². The first kappa shape index (κ1) is 14.4. The minimum Gasteiger partial charge on any atom is -0.484 e. The van der Waals surface area contributed by atoms with Gasteiger partial charge in [-0.1, -0.05) is 12.7 Å². The van der Waals surface area contributed by atoms with Crippen molar-refractivity contribution < 1.29 is 31.1 Å². The monoisotopic (exact) mass is 270 g/mol. The maximum atomic E-state index is 12.4. The number of rotatable bonds is 3. The Labute approximate surface area is 98.7 Å². The van der Waals surface area contributed by atoms with Gasteiger partial charge in [-0.3, -0.25) is 0 Å². The van der Waals surface area contributed by atoms with E-state index < -0.39 is 30.3 Å². The molecule has 100 valence electrons. The zero-order chi connectivity index (χ0) is 14.0. The molecule has 0 radical (unpaired) electrons. The lowest BCUT2D eigenvalue weighted by atomic mass is 10.1. The second kappa shape index (κ2) is 4.91. The zero-order valence-corrected chi connectivity index (χ0v) is 8.90. The quantitative estimate of drug-likeness (QED) is 0.744. The minimum atomic E-state index is -4.66. The summed E-state index contributed by atoms with van der Waals surface area (Å²) in [4.78, 5) is 0. The van der Waals surface area contributed by atoms with Crippen molar-refractivity contribution in [2.24, 2.45) is 0 Å². The highest BCUT2D eigenvalue weighted by Crippen LogP contribution is 2.33. The molecule has 0 atom stereocenters. The molecule has 0 heterocycles. The lowest BCUT2D eigenvalue weighted by Crippen LogP contribution is -2.19. The molecule has 0 bridgehead atoms. The van der Waals surface area contributed by atoms with Crippen molar-refractivity contribution in [1.29, 1.82) is 0 Å². The molecule has 0 amide bonds. The van der Waals surface area contributed by atoms with E-state index >= 15 is 0 Å². The predicted molar refractivity (Wildman–Crippen MR) is 53.1 cm³/mol. The summed E-state index contributed by atoms with van der Waals surface area (Å²) in [5, 5.41) is 0. The Morgan fingerprint density at radius 1 is 1.06 bits per heavy atom. The van der Waals surface area contributed by atoms with Crippen molar-refractivity contribution in [3.05, 3.63) is 35.9 Å². The molecule has 0 aromatic heterocycles. The standard InChI is InChI=1S/C11H8F6O/c1-2-7-3-8(11(15,16)17)5-9(4-7)18-6-10(12,13)14/h2-5H,1,6H2. The van der Waals surface area contributed by atoms with Crippen LogP contribution in [0.2, 0.25) is 0 Å².